The number of aliphatic imine (C=N–C) groups is 1. The van der Waals surface area contributed by atoms with Crippen LogP contribution in [0.4, 0.5) is 0 Å². The molecule has 6 heteroatoms. The maximum atomic E-state index is 5.78. The number of guanidine groups is 1. The molecule has 0 radical (unpaired) electrons. The minimum atomic E-state index is 0. The molecule has 2 N–H and O–H groups in total. The van der Waals surface area contributed by atoms with Crippen LogP contribution in [0.1, 0.15) is 13.8 Å². The summed E-state index contributed by atoms with van der Waals surface area (Å²) in [7, 11) is 1.77. The Morgan fingerprint density at radius 1 is 1.50 bits per heavy atom. The van der Waals surface area contributed by atoms with Gasteiger partial charge in [0.15, 0.2) is 5.96 Å². The fraction of sp³-hybridized carbons (Fsp3) is 0.786. The van der Waals surface area contributed by atoms with Gasteiger partial charge in [-0.2, -0.15) is 0 Å². The smallest absolute Gasteiger partial charge is 0.191 e. The molecule has 1 unspecified atom stereocenters. The molecule has 1 saturated heterocycles. The van der Waals surface area contributed by atoms with Crippen molar-refractivity contribution in [2.45, 2.75) is 20.0 Å². The topological polar surface area (TPSA) is 48.9 Å². The predicted octanol–water partition coefficient (Wildman–Crippen LogP) is 1.31. The molecule has 20 heavy (non-hydrogen) atoms. The van der Waals surface area contributed by atoms with Gasteiger partial charge in [0.1, 0.15) is 0 Å². The molecule has 1 aliphatic heterocycles. The van der Waals surface area contributed by atoms with E-state index in [-0.39, 0.29) is 30.1 Å². The quantitative estimate of drug-likeness (QED) is 0.308. The Morgan fingerprint density at radius 3 is 2.85 bits per heavy atom. The summed E-state index contributed by atoms with van der Waals surface area (Å²) in [5.74, 6) is 1.50. The lowest BCUT2D eigenvalue weighted by Gasteiger charge is -2.34. The summed E-state index contributed by atoms with van der Waals surface area (Å²) in [5, 5.41) is 6.44. The first-order chi connectivity index (χ1) is 9.15. The molecule has 0 aromatic heterocycles. The average molecular weight is 396 g/mol. The molecule has 0 spiro atoms. The molecule has 1 fully saturated rings. The molecule has 0 aliphatic carbocycles. The number of nitrogens with zero attached hydrogens (tertiary/aromatic N) is 2. The van der Waals surface area contributed by atoms with E-state index >= 15 is 0 Å². The van der Waals surface area contributed by atoms with Crippen LogP contribution >= 0.6 is 24.0 Å². The second-order valence-electron chi connectivity index (χ2n) is 5.27. The number of nitrogens with one attached hydrogen (secondary N) is 2. The number of halogens is 1. The summed E-state index contributed by atoms with van der Waals surface area (Å²) in [6.45, 7) is 13.7. The van der Waals surface area contributed by atoms with Crippen LogP contribution in [0, 0.1) is 5.92 Å². The van der Waals surface area contributed by atoms with E-state index in [1.807, 2.05) is 6.08 Å². The van der Waals surface area contributed by atoms with Gasteiger partial charge in [-0.25, -0.2) is 0 Å². The van der Waals surface area contributed by atoms with Crippen LogP contribution in [0.2, 0.25) is 0 Å². The van der Waals surface area contributed by atoms with Gasteiger partial charge in [-0.05, 0) is 5.92 Å². The summed E-state index contributed by atoms with van der Waals surface area (Å²) in [5.41, 5.74) is 0. The molecule has 1 aliphatic rings. The third-order valence-corrected chi connectivity index (χ3v) is 2.98. The minimum absolute atomic E-state index is 0. The van der Waals surface area contributed by atoms with Crippen molar-refractivity contribution in [3.8, 4) is 0 Å². The van der Waals surface area contributed by atoms with E-state index in [1.165, 1.54) is 0 Å². The zero-order valence-corrected chi connectivity index (χ0v) is 15.2. The second-order valence-corrected chi connectivity index (χ2v) is 5.27. The molecule has 1 heterocycles. The highest BCUT2D eigenvalue weighted by Crippen LogP contribution is 2.07. The number of rotatable bonds is 6. The number of ether oxygens (including phenoxy) is 1. The molecule has 0 aromatic rings. The number of hydrogen-bond acceptors (Lipinski definition) is 3. The monoisotopic (exact) mass is 396 g/mol. The molecule has 0 amide bonds. The van der Waals surface area contributed by atoms with Crippen molar-refractivity contribution in [1.82, 2.24) is 15.5 Å². The second kappa shape index (κ2) is 11.3. The van der Waals surface area contributed by atoms with Crippen LogP contribution in [-0.4, -0.2) is 63.3 Å². The largest absolute Gasteiger partial charge is 0.374 e. The normalized spacial score (nSPS) is 20.4. The first kappa shape index (κ1) is 19.7. The Bertz CT molecular complexity index is 297. The van der Waals surface area contributed by atoms with Gasteiger partial charge in [0.2, 0.25) is 0 Å². The third-order valence-electron chi connectivity index (χ3n) is 2.98. The van der Waals surface area contributed by atoms with E-state index in [0.29, 0.717) is 12.5 Å². The number of hydrogen-bond donors (Lipinski definition) is 2. The Balaban J connectivity index is 0.00000361. The van der Waals surface area contributed by atoms with Gasteiger partial charge in [0.05, 0.1) is 12.7 Å². The zero-order chi connectivity index (χ0) is 14.1. The molecular formula is C14H29IN4O. The van der Waals surface area contributed by atoms with E-state index in [4.69, 9.17) is 4.74 Å². The van der Waals surface area contributed by atoms with Crippen molar-refractivity contribution >= 4 is 29.9 Å². The van der Waals surface area contributed by atoms with E-state index in [2.05, 4.69) is 41.0 Å². The molecular weight excluding hydrogens is 367 g/mol. The van der Waals surface area contributed by atoms with Gasteiger partial charge in [-0.3, -0.25) is 9.89 Å². The van der Waals surface area contributed by atoms with Crippen molar-refractivity contribution < 1.29 is 4.74 Å². The fourth-order valence-electron chi connectivity index (χ4n) is 2.19. The Hall–Kier alpha value is -0.340. The van der Waals surface area contributed by atoms with Crippen molar-refractivity contribution in [3.05, 3.63) is 12.7 Å². The van der Waals surface area contributed by atoms with Crippen molar-refractivity contribution in [2.24, 2.45) is 10.9 Å². The predicted molar refractivity (Wildman–Crippen MR) is 96.0 cm³/mol. The molecule has 1 rings (SSSR count). The molecule has 0 saturated carbocycles. The van der Waals surface area contributed by atoms with Crippen molar-refractivity contribution in [2.75, 3.05) is 46.4 Å². The first-order valence-corrected chi connectivity index (χ1v) is 7.05. The Morgan fingerprint density at radius 2 is 2.25 bits per heavy atom. The Labute approximate surface area is 140 Å². The summed E-state index contributed by atoms with van der Waals surface area (Å²) in [6.07, 6.45) is 2.05. The van der Waals surface area contributed by atoms with Gasteiger partial charge < -0.3 is 15.4 Å². The zero-order valence-electron chi connectivity index (χ0n) is 12.9. The summed E-state index contributed by atoms with van der Waals surface area (Å²) >= 11 is 0. The standard InChI is InChI=1S/C14H28N4O.HI/c1-5-6-16-14(15-4)17-9-13-11-18(7-8-19-13)10-12(2)3;/h5,12-13H,1,6-11H2,2-4H3,(H2,15,16,17);1H. The first-order valence-electron chi connectivity index (χ1n) is 7.05. The van der Waals surface area contributed by atoms with Crippen LogP contribution in [-0.2, 0) is 4.74 Å². The highest BCUT2D eigenvalue weighted by molar-refractivity contribution is 14.0. The van der Waals surface area contributed by atoms with E-state index in [0.717, 1.165) is 38.7 Å². The van der Waals surface area contributed by atoms with Gasteiger partial charge in [-0.1, -0.05) is 19.9 Å². The maximum Gasteiger partial charge on any atom is 0.191 e. The van der Waals surface area contributed by atoms with Crippen LogP contribution in [0.15, 0.2) is 17.6 Å². The van der Waals surface area contributed by atoms with E-state index in [9.17, 15) is 0 Å². The lowest BCUT2D eigenvalue weighted by Crippen LogP contribution is -2.50. The molecule has 5 nitrogen and oxygen atoms in total. The van der Waals surface area contributed by atoms with Gasteiger partial charge in [-0.15, -0.1) is 30.6 Å². The van der Waals surface area contributed by atoms with Crippen LogP contribution < -0.4 is 10.6 Å². The summed E-state index contributed by atoms with van der Waals surface area (Å²) in [6, 6.07) is 0. The van der Waals surface area contributed by atoms with Gasteiger partial charge >= 0.3 is 0 Å². The van der Waals surface area contributed by atoms with Crippen molar-refractivity contribution in [3.63, 3.8) is 0 Å². The SMILES string of the molecule is C=CCNC(=NC)NCC1CN(CC(C)C)CCO1.I. The fourth-order valence-corrected chi connectivity index (χ4v) is 2.19. The highest BCUT2D eigenvalue weighted by Gasteiger charge is 2.20. The van der Waals surface area contributed by atoms with Crippen LogP contribution in [0.5, 0.6) is 0 Å². The average Bonchev–Trinajstić information content (AvgIpc) is 2.38. The highest BCUT2D eigenvalue weighted by atomic mass is 127. The maximum absolute atomic E-state index is 5.78. The van der Waals surface area contributed by atoms with Crippen LogP contribution in [0.25, 0.3) is 0 Å². The van der Waals surface area contributed by atoms with Crippen LogP contribution in [0.3, 0.4) is 0 Å². The molecule has 118 valence electrons. The van der Waals surface area contributed by atoms with E-state index < -0.39 is 0 Å². The van der Waals surface area contributed by atoms with E-state index in [1.54, 1.807) is 7.05 Å². The van der Waals surface area contributed by atoms with Gasteiger partial charge in [0, 0.05) is 39.8 Å². The van der Waals surface area contributed by atoms with Crippen molar-refractivity contribution in [1.29, 1.82) is 0 Å². The number of morpholine rings is 1. The minimum Gasteiger partial charge on any atom is -0.374 e. The summed E-state index contributed by atoms with van der Waals surface area (Å²) in [4.78, 5) is 6.63. The summed E-state index contributed by atoms with van der Waals surface area (Å²) < 4.78 is 5.78. The lowest BCUT2D eigenvalue weighted by atomic mass is 10.2. The molecule has 1 atom stereocenters. The van der Waals surface area contributed by atoms with Gasteiger partial charge in [0.25, 0.3) is 0 Å². The molecule has 0 aromatic carbocycles. The third kappa shape index (κ3) is 8.06. The Kier molecular flexibility index (Phi) is 11.1. The molecule has 0 bridgehead atoms. The lowest BCUT2D eigenvalue weighted by molar-refractivity contribution is -0.0284.